The molecule has 0 atom stereocenters. The molecular weight excluding hydrogens is 188 g/mol. The van der Waals surface area contributed by atoms with Gasteiger partial charge in [-0.3, -0.25) is 4.90 Å². The second-order valence-electron chi connectivity index (χ2n) is 6.11. The van der Waals surface area contributed by atoms with E-state index in [-0.39, 0.29) is 5.60 Å². The molecule has 2 heterocycles. The monoisotopic (exact) mass is 212 g/mol. The van der Waals surface area contributed by atoms with E-state index in [0.717, 1.165) is 6.73 Å². The van der Waals surface area contributed by atoms with Crippen LogP contribution in [0.3, 0.4) is 0 Å². The van der Waals surface area contributed by atoms with Gasteiger partial charge in [-0.2, -0.15) is 0 Å². The van der Waals surface area contributed by atoms with Crippen molar-refractivity contribution in [3.05, 3.63) is 0 Å². The minimum atomic E-state index is -0.00679. The van der Waals surface area contributed by atoms with Crippen LogP contribution < -0.4 is 5.32 Å². The molecule has 0 bridgehead atoms. The molecule has 0 aromatic heterocycles. The summed E-state index contributed by atoms with van der Waals surface area (Å²) in [6.07, 6.45) is 2.68. The van der Waals surface area contributed by atoms with Crippen LogP contribution in [-0.2, 0) is 4.74 Å². The van der Waals surface area contributed by atoms with Crippen LogP contribution in [0.25, 0.3) is 0 Å². The summed E-state index contributed by atoms with van der Waals surface area (Å²) in [5, 5.41) is 3.39. The van der Waals surface area contributed by atoms with Crippen LogP contribution in [0.4, 0.5) is 0 Å². The zero-order chi connectivity index (χ0) is 10.9. The highest BCUT2D eigenvalue weighted by Gasteiger charge is 2.39. The number of ether oxygens (including phenoxy) is 1. The van der Waals surface area contributed by atoms with Gasteiger partial charge in [-0.25, -0.2) is 0 Å². The van der Waals surface area contributed by atoms with E-state index in [1.54, 1.807) is 0 Å². The number of hydrogen-bond donors (Lipinski definition) is 1. The van der Waals surface area contributed by atoms with Crippen molar-refractivity contribution in [2.24, 2.45) is 5.41 Å². The molecule has 0 amide bonds. The lowest BCUT2D eigenvalue weighted by Gasteiger charge is -2.48. The Morgan fingerprint density at radius 1 is 1.20 bits per heavy atom. The van der Waals surface area contributed by atoms with Crippen LogP contribution in [0.5, 0.6) is 0 Å². The largest absolute Gasteiger partial charge is 0.360 e. The van der Waals surface area contributed by atoms with Crippen molar-refractivity contribution in [1.29, 1.82) is 0 Å². The van der Waals surface area contributed by atoms with E-state index in [1.165, 1.54) is 39.0 Å². The number of likely N-dealkylation sites (tertiary alicyclic amines) is 1. The standard InChI is InChI=1S/C12H24N2O/c1-11(2,3)15-10-14-6-4-12(5-7-14)8-13-9-12/h13H,4-10H2,1-3H3. The van der Waals surface area contributed by atoms with Crippen molar-refractivity contribution in [2.45, 2.75) is 39.2 Å². The maximum absolute atomic E-state index is 5.80. The minimum Gasteiger partial charge on any atom is -0.360 e. The lowest BCUT2D eigenvalue weighted by Crippen LogP contribution is -2.58. The Morgan fingerprint density at radius 3 is 2.20 bits per heavy atom. The van der Waals surface area contributed by atoms with Gasteiger partial charge >= 0.3 is 0 Å². The van der Waals surface area contributed by atoms with E-state index in [0.29, 0.717) is 5.41 Å². The first-order valence-electron chi connectivity index (χ1n) is 6.06. The molecule has 0 aliphatic carbocycles. The molecule has 0 unspecified atom stereocenters. The molecular formula is C12H24N2O. The Morgan fingerprint density at radius 2 is 1.80 bits per heavy atom. The van der Waals surface area contributed by atoms with Gasteiger partial charge in [-0.15, -0.1) is 0 Å². The van der Waals surface area contributed by atoms with Crippen LogP contribution in [0.1, 0.15) is 33.6 Å². The first kappa shape index (κ1) is 11.4. The molecule has 2 aliphatic heterocycles. The van der Waals surface area contributed by atoms with Crippen LogP contribution in [-0.4, -0.2) is 43.4 Å². The molecule has 0 saturated carbocycles. The van der Waals surface area contributed by atoms with Gasteiger partial charge in [0, 0.05) is 26.2 Å². The van der Waals surface area contributed by atoms with Crippen LogP contribution in [0.15, 0.2) is 0 Å². The summed E-state index contributed by atoms with van der Waals surface area (Å²) in [6.45, 7) is 12.0. The molecule has 3 nitrogen and oxygen atoms in total. The summed E-state index contributed by atoms with van der Waals surface area (Å²) in [5.41, 5.74) is 0.644. The first-order chi connectivity index (χ1) is 6.99. The lowest BCUT2D eigenvalue weighted by molar-refractivity contribution is -0.0823. The third-order valence-electron chi connectivity index (χ3n) is 3.60. The van der Waals surface area contributed by atoms with Gasteiger partial charge in [0.15, 0.2) is 0 Å². The molecule has 0 aromatic rings. The molecule has 2 rings (SSSR count). The van der Waals surface area contributed by atoms with E-state index in [1.807, 2.05) is 0 Å². The Hall–Kier alpha value is -0.120. The Kier molecular flexibility index (Phi) is 3.06. The Balaban J connectivity index is 1.69. The summed E-state index contributed by atoms with van der Waals surface area (Å²) >= 11 is 0. The molecule has 2 saturated heterocycles. The summed E-state index contributed by atoms with van der Waals surface area (Å²) in [7, 11) is 0. The fourth-order valence-corrected chi connectivity index (χ4v) is 2.27. The first-order valence-corrected chi connectivity index (χ1v) is 6.06. The molecule has 3 heteroatoms. The van der Waals surface area contributed by atoms with Crippen molar-refractivity contribution in [3.8, 4) is 0 Å². The van der Waals surface area contributed by atoms with E-state index >= 15 is 0 Å². The zero-order valence-corrected chi connectivity index (χ0v) is 10.3. The molecule has 2 fully saturated rings. The van der Waals surface area contributed by atoms with Gasteiger partial charge in [-0.05, 0) is 39.0 Å². The maximum atomic E-state index is 5.80. The SMILES string of the molecule is CC(C)(C)OCN1CCC2(CC1)CNC2. The molecule has 2 aliphatic rings. The highest BCUT2D eigenvalue weighted by molar-refractivity contribution is 4.95. The topological polar surface area (TPSA) is 24.5 Å². The van der Waals surface area contributed by atoms with Gasteiger partial charge in [0.05, 0.1) is 12.3 Å². The average molecular weight is 212 g/mol. The molecule has 0 radical (unpaired) electrons. The number of rotatable bonds is 2. The highest BCUT2D eigenvalue weighted by Crippen LogP contribution is 2.34. The van der Waals surface area contributed by atoms with Crippen molar-refractivity contribution in [3.63, 3.8) is 0 Å². The van der Waals surface area contributed by atoms with Crippen molar-refractivity contribution in [1.82, 2.24) is 10.2 Å². The maximum Gasteiger partial charge on any atom is 0.0997 e. The van der Waals surface area contributed by atoms with E-state index in [2.05, 4.69) is 31.0 Å². The third-order valence-corrected chi connectivity index (χ3v) is 3.60. The van der Waals surface area contributed by atoms with Gasteiger partial charge in [0.2, 0.25) is 0 Å². The summed E-state index contributed by atoms with van der Waals surface area (Å²) in [6, 6.07) is 0. The van der Waals surface area contributed by atoms with Gasteiger partial charge < -0.3 is 10.1 Å². The van der Waals surface area contributed by atoms with Crippen LogP contribution >= 0.6 is 0 Å². The summed E-state index contributed by atoms with van der Waals surface area (Å²) in [4.78, 5) is 2.44. The summed E-state index contributed by atoms with van der Waals surface area (Å²) in [5.74, 6) is 0. The van der Waals surface area contributed by atoms with E-state index < -0.39 is 0 Å². The fourth-order valence-electron chi connectivity index (χ4n) is 2.27. The fraction of sp³-hybridized carbons (Fsp3) is 1.00. The molecule has 1 N–H and O–H groups in total. The van der Waals surface area contributed by atoms with Crippen LogP contribution in [0.2, 0.25) is 0 Å². The number of hydrogen-bond acceptors (Lipinski definition) is 3. The molecule has 1 spiro atoms. The molecule has 88 valence electrons. The zero-order valence-electron chi connectivity index (χ0n) is 10.3. The lowest BCUT2D eigenvalue weighted by atomic mass is 9.73. The second kappa shape index (κ2) is 4.04. The van der Waals surface area contributed by atoms with Crippen molar-refractivity contribution in [2.75, 3.05) is 32.9 Å². The predicted molar refractivity (Wildman–Crippen MR) is 61.8 cm³/mol. The van der Waals surface area contributed by atoms with Crippen LogP contribution in [0, 0.1) is 5.41 Å². The highest BCUT2D eigenvalue weighted by atomic mass is 16.5. The smallest absolute Gasteiger partial charge is 0.0997 e. The van der Waals surface area contributed by atoms with E-state index in [9.17, 15) is 0 Å². The Labute approximate surface area is 93.2 Å². The minimum absolute atomic E-state index is 0.00679. The second-order valence-corrected chi connectivity index (χ2v) is 6.11. The molecule has 0 aromatic carbocycles. The molecule has 15 heavy (non-hydrogen) atoms. The Bertz CT molecular complexity index is 208. The van der Waals surface area contributed by atoms with E-state index in [4.69, 9.17) is 4.74 Å². The van der Waals surface area contributed by atoms with Crippen molar-refractivity contribution < 1.29 is 4.74 Å². The quantitative estimate of drug-likeness (QED) is 0.749. The van der Waals surface area contributed by atoms with Gasteiger partial charge in [-0.1, -0.05) is 0 Å². The number of nitrogens with one attached hydrogen (secondary N) is 1. The van der Waals surface area contributed by atoms with Crippen molar-refractivity contribution >= 4 is 0 Å². The third kappa shape index (κ3) is 2.92. The van der Waals surface area contributed by atoms with Gasteiger partial charge in [0.1, 0.15) is 0 Å². The number of piperidine rings is 1. The normalized spacial score (nSPS) is 26.6. The average Bonchev–Trinajstić information content (AvgIpc) is 2.12. The number of nitrogens with zero attached hydrogens (tertiary/aromatic N) is 1. The van der Waals surface area contributed by atoms with Gasteiger partial charge in [0.25, 0.3) is 0 Å². The summed E-state index contributed by atoms with van der Waals surface area (Å²) < 4.78 is 5.80. The predicted octanol–water partition coefficient (Wildman–Crippen LogP) is 1.44.